The molecule has 0 saturated heterocycles. The number of hydrogen-bond acceptors (Lipinski definition) is 3. The molecule has 0 unspecified atom stereocenters. The van der Waals surface area contributed by atoms with E-state index in [0.29, 0.717) is 6.61 Å². The number of thioether (sulfide) groups is 1. The van der Waals surface area contributed by atoms with Gasteiger partial charge in [0.25, 0.3) is 0 Å². The number of ketones is 1. The Balaban J connectivity index is 2.44. The molecule has 1 rings (SSSR count). The maximum Gasteiger partial charge on any atom is 0.175 e. The van der Waals surface area contributed by atoms with Crippen LogP contribution in [0.4, 0.5) is 8.78 Å². The number of halogens is 2. The van der Waals surface area contributed by atoms with Crippen LogP contribution in [0, 0.1) is 11.6 Å². The fraction of sp³-hybridized carbons (Fsp3) is 0.417. The molecule has 0 aliphatic heterocycles. The highest BCUT2D eigenvalue weighted by atomic mass is 32.2. The predicted octanol–water partition coefficient (Wildman–Crippen LogP) is 2.92. The van der Waals surface area contributed by atoms with Gasteiger partial charge in [-0.25, -0.2) is 8.78 Å². The largest absolute Gasteiger partial charge is 0.385 e. The summed E-state index contributed by atoms with van der Waals surface area (Å²) < 4.78 is 30.9. The van der Waals surface area contributed by atoms with Gasteiger partial charge >= 0.3 is 0 Å². The molecule has 5 heteroatoms. The molecule has 2 nitrogen and oxygen atoms in total. The van der Waals surface area contributed by atoms with Gasteiger partial charge in [-0.1, -0.05) is 0 Å². The Bertz CT molecular complexity index is 383. The number of hydrogen-bond donors (Lipinski definition) is 0. The second-order valence-corrected chi connectivity index (χ2v) is 4.55. The Morgan fingerprint density at radius 1 is 1.41 bits per heavy atom. The summed E-state index contributed by atoms with van der Waals surface area (Å²) in [7, 11) is 1.61. The Kier molecular flexibility index (Phi) is 6.15. The van der Waals surface area contributed by atoms with Crippen molar-refractivity contribution >= 4 is 17.5 Å². The van der Waals surface area contributed by atoms with Crippen LogP contribution in [0.3, 0.4) is 0 Å². The third kappa shape index (κ3) is 4.83. The molecule has 0 spiro atoms. The van der Waals surface area contributed by atoms with Gasteiger partial charge in [0.2, 0.25) is 0 Å². The van der Waals surface area contributed by atoms with Crippen LogP contribution in [0.2, 0.25) is 0 Å². The third-order valence-corrected chi connectivity index (χ3v) is 3.14. The first-order chi connectivity index (χ1) is 8.15. The zero-order valence-electron chi connectivity index (χ0n) is 9.54. The average Bonchev–Trinajstić information content (AvgIpc) is 2.32. The highest BCUT2D eigenvalue weighted by Gasteiger charge is 2.12. The zero-order valence-corrected chi connectivity index (χ0v) is 10.4. The molecule has 0 aromatic heterocycles. The van der Waals surface area contributed by atoms with Crippen LogP contribution < -0.4 is 0 Å². The van der Waals surface area contributed by atoms with E-state index >= 15 is 0 Å². The first-order valence-corrected chi connectivity index (χ1v) is 6.35. The van der Waals surface area contributed by atoms with Gasteiger partial charge in [0.15, 0.2) is 5.78 Å². The summed E-state index contributed by atoms with van der Waals surface area (Å²) in [6.45, 7) is 0.634. The topological polar surface area (TPSA) is 26.3 Å². The van der Waals surface area contributed by atoms with E-state index in [1.807, 2.05) is 0 Å². The minimum absolute atomic E-state index is 0.157. The van der Waals surface area contributed by atoms with Crippen LogP contribution in [0.15, 0.2) is 18.2 Å². The molecule has 0 atom stereocenters. The van der Waals surface area contributed by atoms with Gasteiger partial charge in [-0.2, -0.15) is 11.8 Å². The lowest BCUT2D eigenvalue weighted by Crippen LogP contribution is -2.06. The van der Waals surface area contributed by atoms with Crippen molar-refractivity contribution in [3.05, 3.63) is 35.4 Å². The number of carbonyl (C=O) groups excluding carboxylic acids is 1. The van der Waals surface area contributed by atoms with Gasteiger partial charge < -0.3 is 4.74 Å². The summed E-state index contributed by atoms with van der Waals surface area (Å²) in [4.78, 5) is 11.6. The lowest BCUT2D eigenvalue weighted by Gasteiger charge is -2.03. The third-order valence-electron chi connectivity index (χ3n) is 2.10. The van der Waals surface area contributed by atoms with Gasteiger partial charge in [0, 0.05) is 13.7 Å². The van der Waals surface area contributed by atoms with Crippen molar-refractivity contribution in [1.29, 1.82) is 0 Å². The van der Waals surface area contributed by atoms with Crippen LogP contribution in [-0.4, -0.2) is 31.0 Å². The molecule has 0 N–H and O–H groups in total. The van der Waals surface area contributed by atoms with Gasteiger partial charge in [-0.05, 0) is 30.4 Å². The summed E-state index contributed by atoms with van der Waals surface area (Å²) >= 11 is 1.39. The number of ether oxygens (including phenoxy) is 1. The van der Waals surface area contributed by atoms with Crippen LogP contribution in [0.25, 0.3) is 0 Å². The monoisotopic (exact) mass is 260 g/mol. The van der Waals surface area contributed by atoms with E-state index in [2.05, 4.69) is 0 Å². The van der Waals surface area contributed by atoms with Crippen molar-refractivity contribution in [3.63, 3.8) is 0 Å². The molecule has 0 aliphatic rings. The van der Waals surface area contributed by atoms with E-state index in [0.717, 1.165) is 30.4 Å². The maximum absolute atomic E-state index is 13.2. The Morgan fingerprint density at radius 3 is 2.88 bits per heavy atom. The highest BCUT2D eigenvalue weighted by Crippen LogP contribution is 2.13. The van der Waals surface area contributed by atoms with Crippen molar-refractivity contribution in [2.24, 2.45) is 0 Å². The van der Waals surface area contributed by atoms with E-state index in [1.54, 1.807) is 7.11 Å². The number of benzene rings is 1. The lowest BCUT2D eigenvalue weighted by atomic mass is 10.1. The smallest absolute Gasteiger partial charge is 0.175 e. The summed E-state index contributed by atoms with van der Waals surface area (Å²) in [5.74, 6) is -0.738. The molecular weight excluding hydrogens is 246 g/mol. The van der Waals surface area contributed by atoms with Crippen molar-refractivity contribution in [1.82, 2.24) is 0 Å². The van der Waals surface area contributed by atoms with Crippen molar-refractivity contribution in [2.75, 3.05) is 25.2 Å². The van der Waals surface area contributed by atoms with Crippen LogP contribution in [-0.2, 0) is 4.74 Å². The Hall–Kier alpha value is -0.940. The molecule has 0 bridgehead atoms. The minimum atomic E-state index is -0.672. The molecule has 0 saturated carbocycles. The van der Waals surface area contributed by atoms with E-state index < -0.39 is 11.6 Å². The first-order valence-electron chi connectivity index (χ1n) is 5.20. The van der Waals surface area contributed by atoms with E-state index in [9.17, 15) is 13.6 Å². The SMILES string of the molecule is COCCCSCC(=O)c1cc(F)ccc1F. The van der Waals surface area contributed by atoms with Crippen molar-refractivity contribution in [3.8, 4) is 0 Å². The number of carbonyl (C=O) groups is 1. The molecule has 17 heavy (non-hydrogen) atoms. The zero-order chi connectivity index (χ0) is 12.7. The van der Waals surface area contributed by atoms with E-state index in [4.69, 9.17) is 4.74 Å². The van der Waals surface area contributed by atoms with Crippen LogP contribution in [0.1, 0.15) is 16.8 Å². The molecule has 94 valence electrons. The lowest BCUT2D eigenvalue weighted by molar-refractivity contribution is 0.101. The van der Waals surface area contributed by atoms with Crippen molar-refractivity contribution in [2.45, 2.75) is 6.42 Å². The molecular formula is C12H14F2O2S. The first kappa shape index (κ1) is 14.1. The molecule has 0 fully saturated rings. The average molecular weight is 260 g/mol. The van der Waals surface area contributed by atoms with E-state index in [1.165, 1.54) is 11.8 Å². The number of rotatable bonds is 7. The number of Topliss-reactive ketones (excluding diaryl/α,β-unsaturated/α-hetero) is 1. The van der Waals surface area contributed by atoms with E-state index in [-0.39, 0.29) is 17.1 Å². The van der Waals surface area contributed by atoms with Crippen LogP contribution in [0.5, 0.6) is 0 Å². The number of methoxy groups -OCH3 is 1. The van der Waals surface area contributed by atoms with Crippen molar-refractivity contribution < 1.29 is 18.3 Å². The summed E-state index contributed by atoms with van der Waals surface area (Å²) in [6.07, 6.45) is 0.833. The molecule has 1 aromatic rings. The second-order valence-electron chi connectivity index (χ2n) is 3.45. The fourth-order valence-electron chi connectivity index (χ4n) is 1.26. The van der Waals surface area contributed by atoms with Gasteiger partial charge in [0.1, 0.15) is 11.6 Å². The molecule has 0 radical (unpaired) electrons. The second kappa shape index (κ2) is 7.40. The standard InChI is InChI=1S/C12H14F2O2S/c1-16-5-2-6-17-8-12(15)10-7-9(13)3-4-11(10)14/h3-4,7H,2,5-6,8H2,1H3. The normalized spacial score (nSPS) is 10.5. The Labute approximate surface area is 103 Å². The highest BCUT2D eigenvalue weighted by molar-refractivity contribution is 7.99. The summed E-state index contributed by atoms with van der Waals surface area (Å²) in [5, 5.41) is 0. The Morgan fingerprint density at radius 2 is 2.18 bits per heavy atom. The minimum Gasteiger partial charge on any atom is -0.385 e. The summed E-state index contributed by atoms with van der Waals surface area (Å²) in [5.41, 5.74) is -0.177. The van der Waals surface area contributed by atoms with Gasteiger partial charge in [0.05, 0.1) is 11.3 Å². The fourth-order valence-corrected chi connectivity index (χ4v) is 2.07. The predicted molar refractivity (Wildman–Crippen MR) is 64.5 cm³/mol. The quantitative estimate of drug-likeness (QED) is 0.557. The molecule has 0 amide bonds. The van der Waals surface area contributed by atoms with Gasteiger partial charge in [-0.15, -0.1) is 0 Å². The molecule has 0 heterocycles. The van der Waals surface area contributed by atoms with Gasteiger partial charge in [-0.3, -0.25) is 4.79 Å². The maximum atomic E-state index is 13.2. The molecule has 0 aliphatic carbocycles. The van der Waals surface area contributed by atoms with Crippen LogP contribution >= 0.6 is 11.8 Å². The summed E-state index contributed by atoms with van der Waals surface area (Å²) in [6, 6.07) is 2.91. The molecule has 1 aromatic carbocycles.